The first-order valence-corrected chi connectivity index (χ1v) is 11.3. The fourth-order valence-corrected chi connectivity index (χ4v) is 4.35. The molecule has 6 nitrogen and oxygen atoms in total. The van der Waals surface area contributed by atoms with Crippen LogP contribution in [0.3, 0.4) is 0 Å². The van der Waals surface area contributed by atoms with Crippen LogP contribution in [0.1, 0.15) is 39.7 Å². The Morgan fingerprint density at radius 2 is 1.93 bits per heavy atom. The molecular formula is C20H28Cl2N6S. The number of nitrogens with zero attached hydrogens (tertiary/aromatic N) is 4. The maximum Gasteiger partial charge on any atom is 0.175 e. The summed E-state index contributed by atoms with van der Waals surface area (Å²) in [5.41, 5.74) is 8.33. The first-order chi connectivity index (χ1) is 13.9. The first-order valence-electron chi connectivity index (χ1n) is 9.70. The Morgan fingerprint density at radius 1 is 1.21 bits per heavy atom. The van der Waals surface area contributed by atoms with Gasteiger partial charge >= 0.3 is 0 Å². The Bertz CT molecular complexity index is 958. The molecule has 158 valence electrons. The molecule has 3 aromatic rings. The van der Waals surface area contributed by atoms with Gasteiger partial charge in [-0.15, -0.1) is 0 Å². The zero-order valence-corrected chi connectivity index (χ0v) is 19.8. The first kappa shape index (κ1) is 23.7. The van der Waals surface area contributed by atoms with Crippen LogP contribution in [0.2, 0.25) is 10.0 Å². The van der Waals surface area contributed by atoms with Crippen LogP contribution in [-0.4, -0.2) is 32.1 Å². The lowest BCUT2D eigenvalue weighted by molar-refractivity contribution is 0.525. The quantitative estimate of drug-likeness (QED) is 0.452. The summed E-state index contributed by atoms with van der Waals surface area (Å²) in [6.07, 6.45) is 2.41. The second-order valence-electron chi connectivity index (χ2n) is 6.55. The van der Waals surface area contributed by atoms with E-state index in [1.165, 1.54) is 18.1 Å². The van der Waals surface area contributed by atoms with E-state index >= 15 is 0 Å². The van der Waals surface area contributed by atoms with Crippen molar-refractivity contribution in [1.82, 2.24) is 24.8 Å². The molecule has 0 aliphatic heterocycles. The Kier molecular flexibility index (Phi) is 9.02. The van der Waals surface area contributed by atoms with Crippen molar-refractivity contribution in [3.05, 3.63) is 34.1 Å². The third kappa shape index (κ3) is 5.98. The molecule has 1 aromatic carbocycles. The van der Waals surface area contributed by atoms with Crippen molar-refractivity contribution in [3.8, 4) is 0 Å². The highest BCUT2D eigenvalue weighted by Crippen LogP contribution is 2.37. The van der Waals surface area contributed by atoms with Gasteiger partial charge in [-0.3, -0.25) is 0 Å². The van der Waals surface area contributed by atoms with Gasteiger partial charge in [-0.25, -0.2) is 15.0 Å². The van der Waals surface area contributed by atoms with Crippen molar-refractivity contribution in [3.63, 3.8) is 0 Å². The molecule has 0 saturated heterocycles. The molecule has 3 N–H and O–H groups in total. The second-order valence-corrected chi connectivity index (χ2v) is 8.41. The van der Waals surface area contributed by atoms with E-state index in [0.717, 1.165) is 40.8 Å². The number of aromatic nitrogens is 4. The van der Waals surface area contributed by atoms with Gasteiger partial charge in [0, 0.05) is 27.5 Å². The minimum Gasteiger partial charge on any atom is -0.382 e. The summed E-state index contributed by atoms with van der Waals surface area (Å²) in [5.74, 6) is 0.377. The zero-order chi connectivity index (χ0) is 21.6. The van der Waals surface area contributed by atoms with E-state index in [1.54, 1.807) is 6.07 Å². The number of fused-ring (bicyclic) bond motifs is 1. The molecule has 2 heterocycles. The Hall–Kier alpha value is -1.54. The van der Waals surface area contributed by atoms with Crippen LogP contribution < -0.4 is 11.1 Å². The highest BCUT2D eigenvalue weighted by Gasteiger charge is 2.17. The number of imidazole rings is 1. The number of hydrogen-bond donors (Lipinski definition) is 2. The molecule has 0 amide bonds. The van der Waals surface area contributed by atoms with Gasteiger partial charge < -0.3 is 15.6 Å². The Morgan fingerprint density at radius 3 is 2.62 bits per heavy atom. The van der Waals surface area contributed by atoms with Gasteiger partial charge in [0.15, 0.2) is 22.1 Å². The van der Waals surface area contributed by atoms with Crippen LogP contribution in [0, 0.1) is 6.92 Å². The average Bonchev–Trinajstić information content (AvgIpc) is 3.03. The number of benzene rings is 1. The lowest BCUT2D eigenvalue weighted by Gasteiger charge is -2.12. The smallest absolute Gasteiger partial charge is 0.175 e. The number of hydrogen-bond acceptors (Lipinski definition) is 6. The zero-order valence-electron chi connectivity index (χ0n) is 17.5. The molecule has 0 unspecified atom stereocenters. The van der Waals surface area contributed by atoms with E-state index in [4.69, 9.17) is 33.9 Å². The molecule has 0 saturated carbocycles. The van der Waals surface area contributed by atoms with Gasteiger partial charge in [-0.1, -0.05) is 62.7 Å². The van der Waals surface area contributed by atoms with Gasteiger partial charge in [0.1, 0.15) is 6.33 Å². The van der Waals surface area contributed by atoms with Crippen molar-refractivity contribution >= 4 is 51.9 Å². The standard InChI is InChI=1S/C18H22Cl2N6S.C2H6/c1-10(2)22-5-4-6-26-17-15(16(21)23-9-24-17)25-18(26)27-14-8-12(19)7-13(20)11(14)3;1-2/h7-10,22H,4-6H2,1-3H3,(H2,21,23,24);1-2H3. The minimum absolute atomic E-state index is 0.377. The van der Waals surface area contributed by atoms with Crippen molar-refractivity contribution in [2.75, 3.05) is 12.3 Å². The highest BCUT2D eigenvalue weighted by molar-refractivity contribution is 7.99. The molecule has 0 radical (unpaired) electrons. The normalized spacial score (nSPS) is 11.0. The van der Waals surface area contributed by atoms with E-state index in [0.29, 0.717) is 27.4 Å². The molecule has 2 aromatic heterocycles. The summed E-state index contributed by atoms with van der Waals surface area (Å²) in [7, 11) is 0. The molecule has 0 atom stereocenters. The van der Waals surface area contributed by atoms with Gasteiger partial charge in [0.05, 0.1) is 0 Å². The maximum atomic E-state index is 6.29. The molecule has 3 rings (SSSR count). The van der Waals surface area contributed by atoms with E-state index in [-0.39, 0.29) is 0 Å². The molecule has 0 fully saturated rings. The van der Waals surface area contributed by atoms with Crippen molar-refractivity contribution in [2.45, 2.75) is 63.7 Å². The number of aryl methyl sites for hydroxylation is 1. The monoisotopic (exact) mass is 454 g/mol. The lowest BCUT2D eigenvalue weighted by atomic mass is 10.2. The fourth-order valence-electron chi connectivity index (χ4n) is 2.67. The van der Waals surface area contributed by atoms with Crippen molar-refractivity contribution in [1.29, 1.82) is 0 Å². The predicted molar refractivity (Wildman–Crippen MR) is 124 cm³/mol. The number of nitrogen functional groups attached to an aromatic ring is 1. The van der Waals surface area contributed by atoms with E-state index in [9.17, 15) is 0 Å². The number of anilines is 1. The predicted octanol–water partition coefficient (Wildman–Crippen LogP) is 5.59. The lowest BCUT2D eigenvalue weighted by Crippen LogP contribution is -2.24. The molecule has 0 aliphatic carbocycles. The number of rotatable bonds is 7. The highest BCUT2D eigenvalue weighted by atomic mass is 35.5. The van der Waals surface area contributed by atoms with E-state index in [1.807, 2.05) is 26.8 Å². The largest absolute Gasteiger partial charge is 0.382 e. The number of nitrogens with one attached hydrogen (secondary N) is 1. The van der Waals surface area contributed by atoms with Crippen LogP contribution in [0.25, 0.3) is 11.2 Å². The number of halogens is 2. The van der Waals surface area contributed by atoms with Gasteiger partial charge in [-0.05, 0) is 37.6 Å². The van der Waals surface area contributed by atoms with Crippen LogP contribution in [0.5, 0.6) is 0 Å². The van der Waals surface area contributed by atoms with E-state index < -0.39 is 0 Å². The van der Waals surface area contributed by atoms with Gasteiger partial charge in [-0.2, -0.15) is 0 Å². The summed E-state index contributed by atoms with van der Waals surface area (Å²) in [6.45, 7) is 11.9. The Labute approximate surface area is 186 Å². The molecule has 9 heteroatoms. The van der Waals surface area contributed by atoms with Crippen LogP contribution in [0.15, 0.2) is 28.5 Å². The maximum absolute atomic E-state index is 6.29. The van der Waals surface area contributed by atoms with Crippen LogP contribution in [0.4, 0.5) is 5.82 Å². The minimum atomic E-state index is 0.377. The summed E-state index contributed by atoms with van der Waals surface area (Å²) < 4.78 is 2.08. The molecule has 0 spiro atoms. The summed E-state index contributed by atoms with van der Waals surface area (Å²) in [6, 6.07) is 4.09. The Balaban J connectivity index is 0.00000145. The average molecular weight is 455 g/mol. The third-order valence-corrected chi connectivity index (χ3v) is 5.85. The number of nitrogens with two attached hydrogens (primary N) is 1. The van der Waals surface area contributed by atoms with E-state index in [2.05, 4.69) is 33.7 Å². The SMILES string of the molecule is CC.Cc1c(Cl)cc(Cl)cc1Sc1nc2c(N)ncnc2n1CCCNC(C)C. The van der Waals surface area contributed by atoms with Crippen LogP contribution in [-0.2, 0) is 6.54 Å². The summed E-state index contributed by atoms with van der Waals surface area (Å²) in [5, 5.41) is 5.45. The van der Waals surface area contributed by atoms with Crippen molar-refractivity contribution < 1.29 is 0 Å². The van der Waals surface area contributed by atoms with Crippen molar-refractivity contribution in [2.24, 2.45) is 0 Å². The fraction of sp³-hybridized carbons (Fsp3) is 0.450. The van der Waals surface area contributed by atoms with Crippen LogP contribution >= 0.6 is 35.0 Å². The molecule has 0 bridgehead atoms. The van der Waals surface area contributed by atoms with Gasteiger partial charge in [0.25, 0.3) is 0 Å². The molecule has 0 aliphatic rings. The third-order valence-electron chi connectivity index (χ3n) is 4.10. The topological polar surface area (TPSA) is 81.7 Å². The summed E-state index contributed by atoms with van der Waals surface area (Å²) >= 11 is 14.0. The second kappa shape index (κ2) is 11.0. The van der Waals surface area contributed by atoms with Gasteiger partial charge in [0.2, 0.25) is 0 Å². The molecular weight excluding hydrogens is 427 g/mol. The molecule has 29 heavy (non-hydrogen) atoms. The summed E-state index contributed by atoms with van der Waals surface area (Å²) in [4.78, 5) is 14.1.